The molecule has 4 nitrogen and oxygen atoms in total. The molecule has 1 aromatic rings. The molecule has 1 aliphatic rings. The number of anilines is 1. The molecule has 0 aromatic carbocycles. The molecule has 0 spiro atoms. The van der Waals surface area contributed by atoms with Crippen molar-refractivity contribution in [1.82, 2.24) is 9.78 Å². The highest BCUT2D eigenvalue weighted by Crippen LogP contribution is 2.09. The lowest BCUT2D eigenvalue weighted by molar-refractivity contribution is 0.735. The zero-order valence-electron chi connectivity index (χ0n) is 7.82. The first kappa shape index (κ1) is 8.29. The van der Waals surface area contributed by atoms with Gasteiger partial charge in [0.1, 0.15) is 5.84 Å². The molecule has 1 N–H and O–H groups in total. The third-order valence-electron chi connectivity index (χ3n) is 2.11. The third kappa shape index (κ3) is 2.08. The lowest BCUT2D eigenvalue weighted by atomic mass is 10.2. The molecule has 1 aromatic heterocycles. The van der Waals surface area contributed by atoms with Crippen molar-refractivity contribution in [2.75, 3.05) is 11.9 Å². The van der Waals surface area contributed by atoms with Crippen molar-refractivity contribution in [2.45, 2.75) is 19.3 Å². The molecule has 0 saturated heterocycles. The molecule has 2 rings (SSSR count). The predicted octanol–water partition coefficient (Wildman–Crippen LogP) is 1.41. The molecule has 0 saturated carbocycles. The van der Waals surface area contributed by atoms with Gasteiger partial charge in [0.05, 0.1) is 0 Å². The van der Waals surface area contributed by atoms with Gasteiger partial charge in [0.2, 0.25) is 0 Å². The van der Waals surface area contributed by atoms with Gasteiger partial charge in [-0.3, -0.25) is 9.67 Å². The Bertz CT molecular complexity index is 313. The summed E-state index contributed by atoms with van der Waals surface area (Å²) in [7, 11) is 1.91. The predicted molar refractivity (Wildman–Crippen MR) is 53.0 cm³/mol. The minimum Gasteiger partial charge on any atom is -0.327 e. The number of aryl methyl sites for hydroxylation is 1. The van der Waals surface area contributed by atoms with Crippen molar-refractivity contribution in [3.63, 3.8) is 0 Å². The zero-order chi connectivity index (χ0) is 9.10. The first-order valence-corrected chi connectivity index (χ1v) is 4.64. The van der Waals surface area contributed by atoms with Crippen molar-refractivity contribution in [3.05, 3.63) is 12.3 Å². The fourth-order valence-electron chi connectivity index (χ4n) is 1.43. The van der Waals surface area contributed by atoms with Gasteiger partial charge in [-0.25, -0.2) is 0 Å². The van der Waals surface area contributed by atoms with Crippen LogP contribution >= 0.6 is 0 Å². The molecular formula is C9H14N4. The van der Waals surface area contributed by atoms with E-state index in [2.05, 4.69) is 15.4 Å². The Labute approximate surface area is 77.7 Å². The fraction of sp³-hybridized carbons (Fsp3) is 0.556. The van der Waals surface area contributed by atoms with E-state index in [0.717, 1.165) is 24.6 Å². The summed E-state index contributed by atoms with van der Waals surface area (Å²) in [5.74, 6) is 1.97. The van der Waals surface area contributed by atoms with Crippen LogP contribution in [0.4, 0.5) is 5.82 Å². The van der Waals surface area contributed by atoms with E-state index in [4.69, 9.17) is 0 Å². The number of aromatic nitrogens is 2. The van der Waals surface area contributed by atoms with Crippen molar-refractivity contribution in [3.8, 4) is 0 Å². The van der Waals surface area contributed by atoms with Crippen LogP contribution in [0.25, 0.3) is 0 Å². The number of aliphatic imine (C=N–C) groups is 1. The summed E-state index contributed by atoms with van der Waals surface area (Å²) in [6, 6.07) is 1.96. The van der Waals surface area contributed by atoms with Gasteiger partial charge in [-0.05, 0) is 12.8 Å². The topological polar surface area (TPSA) is 42.2 Å². The van der Waals surface area contributed by atoms with Crippen molar-refractivity contribution in [2.24, 2.45) is 12.0 Å². The highest BCUT2D eigenvalue weighted by atomic mass is 15.3. The summed E-state index contributed by atoms with van der Waals surface area (Å²) >= 11 is 0. The van der Waals surface area contributed by atoms with E-state index < -0.39 is 0 Å². The molecule has 4 heteroatoms. The molecule has 2 heterocycles. The van der Waals surface area contributed by atoms with E-state index in [1.807, 2.05) is 19.3 Å². The van der Waals surface area contributed by atoms with Crippen LogP contribution < -0.4 is 5.32 Å². The lowest BCUT2D eigenvalue weighted by Crippen LogP contribution is -2.16. The second-order valence-electron chi connectivity index (χ2n) is 3.29. The SMILES string of the molecule is Cn1ccc(NC2=NCCCC2)n1. The monoisotopic (exact) mass is 178 g/mol. The highest BCUT2D eigenvalue weighted by molar-refractivity contribution is 5.94. The van der Waals surface area contributed by atoms with Gasteiger partial charge < -0.3 is 5.32 Å². The van der Waals surface area contributed by atoms with E-state index in [1.54, 1.807) is 4.68 Å². The van der Waals surface area contributed by atoms with Crippen molar-refractivity contribution < 1.29 is 0 Å². The smallest absolute Gasteiger partial charge is 0.153 e. The van der Waals surface area contributed by atoms with Gasteiger partial charge in [0.25, 0.3) is 0 Å². The Morgan fingerprint density at radius 1 is 1.46 bits per heavy atom. The molecule has 13 heavy (non-hydrogen) atoms. The van der Waals surface area contributed by atoms with Gasteiger partial charge in [-0.15, -0.1) is 0 Å². The largest absolute Gasteiger partial charge is 0.327 e. The number of hydrogen-bond acceptors (Lipinski definition) is 3. The molecule has 0 bridgehead atoms. The van der Waals surface area contributed by atoms with Gasteiger partial charge in [-0.1, -0.05) is 0 Å². The van der Waals surface area contributed by atoms with E-state index >= 15 is 0 Å². The van der Waals surface area contributed by atoms with Gasteiger partial charge >= 0.3 is 0 Å². The summed E-state index contributed by atoms with van der Waals surface area (Å²) in [5, 5.41) is 7.45. The number of nitrogens with zero attached hydrogens (tertiary/aromatic N) is 3. The highest BCUT2D eigenvalue weighted by Gasteiger charge is 2.05. The van der Waals surface area contributed by atoms with Crippen molar-refractivity contribution in [1.29, 1.82) is 0 Å². The first-order chi connectivity index (χ1) is 6.34. The van der Waals surface area contributed by atoms with Crippen LogP contribution in [0.3, 0.4) is 0 Å². The standard InChI is InChI=1S/C9H14N4/c1-13-7-5-9(12-13)11-8-4-2-3-6-10-8/h5,7H,2-4,6H2,1H3,(H,10,11,12). The summed E-state index contributed by atoms with van der Waals surface area (Å²) in [5.41, 5.74) is 0. The Morgan fingerprint density at radius 3 is 3.00 bits per heavy atom. The molecule has 0 atom stereocenters. The third-order valence-corrected chi connectivity index (χ3v) is 2.11. The Morgan fingerprint density at radius 2 is 2.38 bits per heavy atom. The van der Waals surface area contributed by atoms with E-state index in [9.17, 15) is 0 Å². The number of rotatable bonds is 1. The van der Waals surface area contributed by atoms with Crippen LogP contribution in [0, 0.1) is 0 Å². The molecular weight excluding hydrogens is 164 g/mol. The molecule has 0 radical (unpaired) electrons. The second-order valence-corrected chi connectivity index (χ2v) is 3.29. The number of nitrogens with one attached hydrogen (secondary N) is 1. The quantitative estimate of drug-likeness (QED) is 0.706. The average molecular weight is 178 g/mol. The minimum atomic E-state index is 0.892. The summed E-state index contributed by atoms with van der Waals surface area (Å²) in [6.07, 6.45) is 5.42. The van der Waals surface area contributed by atoms with Crippen LogP contribution in [0.15, 0.2) is 17.3 Å². The maximum atomic E-state index is 4.39. The van der Waals surface area contributed by atoms with Crippen LogP contribution in [0.5, 0.6) is 0 Å². The molecule has 70 valence electrons. The molecule has 0 amide bonds. The summed E-state index contributed by atoms with van der Waals surface area (Å²) < 4.78 is 1.78. The molecule has 0 unspecified atom stereocenters. The van der Waals surface area contributed by atoms with Crippen LogP contribution in [0.1, 0.15) is 19.3 Å². The van der Waals surface area contributed by atoms with Crippen LogP contribution in [-0.4, -0.2) is 22.2 Å². The Hall–Kier alpha value is -1.32. The normalized spacial score (nSPS) is 16.8. The van der Waals surface area contributed by atoms with Crippen LogP contribution in [-0.2, 0) is 7.05 Å². The maximum absolute atomic E-state index is 4.39. The van der Waals surface area contributed by atoms with Gasteiger partial charge in [-0.2, -0.15) is 5.10 Å². The summed E-state index contributed by atoms with van der Waals surface area (Å²) in [6.45, 7) is 0.954. The molecule has 0 fully saturated rings. The summed E-state index contributed by atoms with van der Waals surface area (Å²) in [4.78, 5) is 4.39. The van der Waals surface area contributed by atoms with E-state index in [1.165, 1.54) is 12.8 Å². The molecule has 0 aliphatic carbocycles. The van der Waals surface area contributed by atoms with E-state index in [0.29, 0.717) is 0 Å². The Balaban J connectivity index is 2.01. The molecule has 1 aliphatic heterocycles. The van der Waals surface area contributed by atoms with E-state index in [-0.39, 0.29) is 0 Å². The first-order valence-electron chi connectivity index (χ1n) is 4.64. The number of amidine groups is 1. The van der Waals surface area contributed by atoms with Crippen molar-refractivity contribution >= 4 is 11.7 Å². The van der Waals surface area contributed by atoms with Crippen LogP contribution in [0.2, 0.25) is 0 Å². The fourth-order valence-corrected chi connectivity index (χ4v) is 1.43. The lowest BCUT2D eigenvalue weighted by Gasteiger charge is -2.11. The average Bonchev–Trinajstić information content (AvgIpc) is 2.53. The number of hydrogen-bond donors (Lipinski definition) is 1. The van der Waals surface area contributed by atoms with Gasteiger partial charge in [0, 0.05) is 32.3 Å². The second kappa shape index (κ2) is 3.60. The Kier molecular flexibility index (Phi) is 2.29. The zero-order valence-corrected chi connectivity index (χ0v) is 7.82. The maximum Gasteiger partial charge on any atom is 0.153 e. The van der Waals surface area contributed by atoms with Gasteiger partial charge in [0.15, 0.2) is 5.82 Å². The minimum absolute atomic E-state index is 0.892.